The summed E-state index contributed by atoms with van der Waals surface area (Å²) in [5, 5.41) is 9.91. The highest BCUT2D eigenvalue weighted by Crippen LogP contribution is 2.33. The number of anilines is 1. The van der Waals surface area contributed by atoms with E-state index in [4.69, 9.17) is 16.7 Å². The molecule has 4 heteroatoms. The molecule has 2 aliphatic rings. The van der Waals surface area contributed by atoms with Gasteiger partial charge >= 0.3 is 0 Å². The zero-order valence-corrected chi connectivity index (χ0v) is 12.1. The molecule has 0 amide bonds. The maximum absolute atomic E-state index is 9.15. The van der Waals surface area contributed by atoms with E-state index in [9.17, 15) is 0 Å². The van der Waals surface area contributed by atoms with Crippen molar-refractivity contribution in [1.82, 2.24) is 4.90 Å². The van der Waals surface area contributed by atoms with Gasteiger partial charge in [0.25, 0.3) is 0 Å². The number of aliphatic hydroxyl groups excluding tert-OH is 1. The zero-order valence-electron chi connectivity index (χ0n) is 11.3. The van der Waals surface area contributed by atoms with Crippen molar-refractivity contribution in [2.75, 3.05) is 25.0 Å². The molecule has 19 heavy (non-hydrogen) atoms. The van der Waals surface area contributed by atoms with Gasteiger partial charge in [-0.1, -0.05) is 17.7 Å². The zero-order chi connectivity index (χ0) is 13.4. The van der Waals surface area contributed by atoms with E-state index < -0.39 is 0 Å². The Morgan fingerprint density at radius 1 is 1.26 bits per heavy atom. The summed E-state index contributed by atoms with van der Waals surface area (Å²) < 4.78 is 0. The number of rotatable bonds is 2. The summed E-state index contributed by atoms with van der Waals surface area (Å²) in [7, 11) is 2.25. The van der Waals surface area contributed by atoms with Crippen LogP contribution in [0.2, 0.25) is 5.02 Å². The molecule has 0 radical (unpaired) electrons. The molecule has 3 nitrogen and oxygen atoms in total. The van der Waals surface area contributed by atoms with Gasteiger partial charge in [-0.25, -0.2) is 0 Å². The van der Waals surface area contributed by atoms with Crippen molar-refractivity contribution in [1.29, 1.82) is 0 Å². The summed E-state index contributed by atoms with van der Waals surface area (Å²) in [6.45, 7) is 2.18. The van der Waals surface area contributed by atoms with E-state index in [-0.39, 0.29) is 6.61 Å². The first-order valence-corrected chi connectivity index (χ1v) is 7.43. The largest absolute Gasteiger partial charge is 0.392 e. The number of aliphatic hydroxyl groups is 1. The lowest BCUT2D eigenvalue weighted by Crippen LogP contribution is -2.36. The second-order valence-corrected chi connectivity index (χ2v) is 6.14. The monoisotopic (exact) mass is 280 g/mol. The van der Waals surface area contributed by atoms with Crippen LogP contribution in [0.15, 0.2) is 18.2 Å². The van der Waals surface area contributed by atoms with E-state index in [0.29, 0.717) is 6.04 Å². The van der Waals surface area contributed by atoms with E-state index in [1.54, 1.807) is 0 Å². The Kier molecular flexibility index (Phi) is 3.70. The van der Waals surface area contributed by atoms with Gasteiger partial charge in [0.1, 0.15) is 0 Å². The van der Waals surface area contributed by atoms with Crippen molar-refractivity contribution < 1.29 is 5.11 Å². The van der Waals surface area contributed by atoms with Crippen molar-refractivity contribution in [3.63, 3.8) is 0 Å². The summed E-state index contributed by atoms with van der Waals surface area (Å²) in [6.07, 6.45) is 3.85. The molecule has 2 saturated heterocycles. The molecule has 1 aromatic carbocycles. The lowest BCUT2D eigenvalue weighted by atomic mass is 10.1. The van der Waals surface area contributed by atoms with Crippen LogP contribution in [0.1, 0.15) is 24.8 Å². The molecule has 2 aliphatic heterocycles. The normalized spacial score (nSPS) is 27.6. The molecule has 1 N–H and O–H groups in total. The third-order valence-corrected chi connectivity index (χ3v) is 4.99. The molecular formula is C15H21ClN2O. The first kappa shape index (κ1) is 13.2. The summed E-state index contributed by atoms with van der Waals surface area (Å²) in [6, 6.07) is 7.29. The van der Waals surface area contributed by atoms with Crippen LogP contribution in [0.4, 0.5) is 5.69 Å². The van der Waals surface area contributed by atoms with Crippen molar-refractivity contribution in [2.24, 2.45) is 0 Å². The molecule has 1 aromatic rings. The average molecular weight is 281 g/mol. The van der Waals surface area contributed by atoms with Crippen LogP contribution in [0.3, 0.4) is 0 Å². The Hall–Kier alpha value is -0.770. The van der Waals surface area contributed by atoms with Gasteiger partial charge in [0.15, 0.2) is 0 Å². The van der Waals surface area contributed by atoms with E-state index >= 15 is 0 Å². The first-order valence-electron chi connectivity index (χ1n) is 7.05. The number of benzene rings is 1. The Morgan fingerprint density at radius 2 is 2.05 bits per heavy atom. The lowest BCUT2D eigenvalue weighted by Gasteiger charge is -2.28. The summed E-state index contributed by atoms with van der Waals surface area (Å²) in [5.41, 5.74) is 1.99. The molecular weight excluding hydrogens is 260 g/mol. The predicted octanol–water partition coefficient (Wildman–Crippen LogP) is 2.51. The van der Waals surface area contributed by atoms with E-state index in [0.717, 1.165) is 35.4 Å². The highest BCUT2D eigenvalue weighted by Gasteiger charge is 2.34. The second-order valence-electron chi connectivity index (χ2n) is 5.73. The molecule has 0 spiro atoms. The molecule has 2 atom stereocenters. The fraction of sp³-hybridized carbons (Fsp3) is 0.600. The van der Waals surface area contributed by atoms with E-state index in [2.05, 4.69) is 16.8 Å². The summed E-state index contributed by atoms with van der Waals surface area (Å²) in [5.74, 6) is 0. The Labute approximate surface area is 119 Å². The van der Waals surface area contributed by atoms with E-state index in [1.807, 2.05) is 18.2 Å². The molecule has 0 saturated carbocycles. The lowest BCUT2D eigenvalue weighted by molar-refractivity contribution is 0.254. The first-order chi connectivity index (χ1) is 9.19. The fourth-order valence-corrected chi connectivity index (χ4v) is 3.76. The van der Waals surface area contributed by atoms with Gasteiger partial charge in [-0.05, 0) is 44.0 Å². The molecule has 2 bridgehead atoms. The molecule has 2 heterocycles. The minimum Gasteiger partial charge on any atom is -0.392 e. The second kappa shape index (κ2) is 5.31. The Morgan fingerprint density at radius 3 is 2.79 bits per heavy atom. The van der Waals surface area contributed by atoms with Crippen molar-refractivity contribution in [3.8, 4) is 0 Å². The molecule has 0 aromatic heterocycles. The fourth-order valence-electron chi connectivity index (χ4n) is 3.43. The quantitative estimate of drug-likeness (QED) is 0.902. The molecule has 104 valence electrons. The van der Waals surface area contributed by atoms with Gasteiger partial charge in [-0.2, -0.15) is 0 Å². The van der Waals surface area contributed by atoms with Crippen LogP contribution in [0.5, 0.6) is 0 Å². The molecule has 3 rings (SSSR count). The number of nitrogens with zero attached hydrogens (tertiary/aromatic N) is 2. The number of fused-ring (bicyclic) bond motifs is 2. The SMILES string of the molecule is CN1C2CCC1CN(c1ccc(CO)cc1Cl)CC2. The number of likely N-dealkylation sites (N-methyl/N-ethyl adjacent to an activating group) is 1. The van der Waals surface area contributed by atoms with Crippen LogP contribution in [0, 0.1) is 0 Å². The maximum atomic E-state index is 9.15. The van der Waals surface area contributed by atoms with Crippen LogP contribution in [-0.4, -0.2) is 42.2 Å². The van der Waals surface area contributed by atoms with Crippen LogP contribution >= 0.6 is 11.6 Å². The molecule has 0 aliphatic carbocycles. The van der Waals surface area contributed by atoms with Gasteiger partial charge in [-0.15, -0.1) is 0 Å². The highest BCUT2D eigenvalue weighted by atomic mass is 35.5. The van der Waals surface area contributed by atoms with Gasteiger partial charge in [0.2, 0.25) is 0 Å². The summed E-state index contributed by atoms with van der Waals surface area (Å²) in [4.78, 5) is 4.94. The Bertz CT molecular complexity index is 465. The van der Waals surface area contributed by atoms with E-state index in [1.165, 1.54) is 19.3 Å². The van der Waals surface area contributed by atoms with Crippen LogP contribution in [-0.2, 0) is 6.61 Å². The topological polar surface area (TPSA) is 26.7 Å². The minimum atomic E-state index is 0.0490. The minimum absolute atomic E-state index is 0.0490. The van der Waals surface area contributed by atoms with Crippen molar-refractivity contribution in [2.45, 2.75) is 38.0 Å². The van der Waals surface area contributed by atoms with Gasteiger partial charge < -0.3 is 10.0 Å². The van der Waals surface area contributed by atoms with Gasteiger partial charge in [0, 0.05) is 25.2 Å². The van der Waals surface area contributed by atoms with Crippen LogP contribution < -0.4 is 4.90 Å². The third-order valence-electron chi connectivity index (χ3n) is 4.68. The standard InChI is InChI=1S/C15H21ClN2O/c1-17-12-3-4-13(17)9-18(7-6-12)15-5-2-11(10-19)8-14(15)16/h2,5,8,12-13,19H,3-4,6-7,9-10H2,1H3. The number of hydrogen-bond acceptors (Lipinski definition) is 3. The summed E-state index contributed by atoms with van der Waals surface area (Å²) >= 11 is 6.37. The number of hydrogen-bond donors (Lipinski definition) is 1. The maximum Gasteiger partial charge on any atom is 0.0682 e. The van der Waals surface area contributed by atoms with Crippen molar-refractivity contribution in [3.05, 3.63) is 28.8 Å². The predicted molar refractivity (Wildman–Crippen MR) is 78.8 cm³/mol. The number of halogens is 1. The third kappa shape index (κ3) is 2.47. The molecule has 2 unspecified atom stereocenters. The highest BCUT2D eigenvalue weighted by molar-refractivity contribution is 6.33. The smallest absolute Gasteiger partial charge is 0.0682 e. The van der Waals surface area contributed by atoms with Crippen LogP contribution in [0.25, 0.3) is 0 Å². The van der Waals surface area contributed by atoms with Crippen molar-refractivity contribution >= 4 is 17.3 Å². The Balaban J connectivity index is 1.82. The molecule has 2 fully saturated rings. The average Bonchev–Trinajstić information content (AvgIpc) is 2.64. The van der Waals surface area contributed by atoms with Gasteiger partial charge in [-0.3, -0.25) is 4.90 Å². The van der Waals surface area contributed by atoms with Gasteiger partial charge in [0.05, 0.1) is 17.3 Å².